The number of rotatable bonds is 9. The van der Waals surface area contributed by atoms with E-state index in [4.69, 9.17) is 14.2 Å². The minimum absolute atomic E-state index is 0.116. The zero-order chi connectivity index (χ0) is 23.4. The first-order valence-corrected chi connectivity index (χ1v) is 12.3. The number of hydrogen-bond donors (Lipinski definition) is 0. The van der Waals surface area contributed by atoms with Crippen LogP contribution in [0, 0.1) is 11.8 Å². The van der Waals surface area contributed by atoms with Crippen LogP contribution in [0.25, 0.3) is 0 Å². The molecule has 0 aliphatic carbocycles. The molecule has 3 aromatic rings. The van der Waals surface area contributed by atoms with Crippen LogP contribution >= 0.6 is 0 Å². The molecule has 0 spiro atoms. The molecular formula is C30H33NO3. The normalized spacial score (nSPS) is 15.3. The molecule has 1 unspecified atom stereocenters. The quantitative estimate of drug-likeness (QED) is 0.353. The number of ether oxygens (including phenoxy) is 3. The van der Waals surface area contributed by atoms with E-state index in [2.05, 4.69) is 48.0 Å². The average Bonchev–Trinajstić information content (AvgIpc) is 2.90. The number of hydrogen-bond acceptors (Lipinski definition) is 4. The largest absolute Gasteiger partial charge is 0.489 e. The highest BCUT2D eigenvalue weighted by molar-refractivity contribution is 5.44. The van der Waals surface area contributed by atoms with Gasteiger partial charge in [0.1, 0.15) is 24.7 Å². The number of unbranched alkanes of at least 4 members (excludes halogenated alkanes) is 1. The van der Waals surface area contributed by atoms with Crippen LogP contribution in [-0.4, -0.2) is 24.3 Å². The van der Waals surface area contributed by atoms with Crippen LogP contribution in [-0.2, 0) is 17.8 Å². The maximum absolute atomic E-state index is 6.05. The van der Waals surface area contributed by atoms with Crippen molar-refractivity contribution in [3.8, 4) is 23.5 Å². The fourth-order valence-electron chi connectivity index (χ4n) is 3.83. The van der Waals surface area contributed by atoms with Crippen molar-refractivity contribution in [3.63, 3.8) is 0 Å². The Bertz CT molecular complexity index is 1080. The Kier molecular flexibility index (Phi) is 8.99. The van der Waals surface area contributed by atoms with Gasteiger partial charge in [0.15, 0.2) is 0 Å². The highest BCUT2D eigenvalue weighted by atomic mass is 16.5. The number of nitrogens with zero attached hydrogens (tertiary/aromatic N) is 1. The highest BCUT2D eigenvalue weighted by Crippen LogP contribution is 2.22. The summed E-state index contributed by atoms with van der Waals surface area (Å²) in [5.74, 6) is 7.62. The fourth-order valence-corrected chi connectivity index (χ4v) is 3.83. The first-order chi connectivity index (χ1) is 16.8. The molecule has 1 aliphatic heterocycles. The van der Waals surface area contributed by atoms with Gasteiger partial charge >= 0.3 is 0 Å². The number of benzene rings is 2. The van der Waals surface area contributed by atoms with Crippen LogP contribution in [0.3, 0.4) is 0 Å². The van der Waals surface area contributed by atoms with Gasteiger partial charge in [-0.1, -0.05) is 61.7 Å². The van der Waals surface area contributed by atoms with Crippen LogP contribution in [0.15, 0.2) is 66.7 Å². The SMILES string of the molecule is CCCCc1ccc(C#Cc2cc(OCc3ccccc3)cc(OCC3CCCCO3)n2)cc1. The molecule has 0 N–H and O–H groups in total. The highest BCUT2D eigenvalue weighted by Gasteiger charge is 2.15. The van der Waals surface area contributed by atoms with E-state index in [0.717, 1.165) is 37.0 Å². The smallest absolute Gasteiger partial charge is 0.218 e. The average molecular weight is 456 g/mol. The second-order valence-corrected chi connectivity index (χ2v) is 8.65. The third-order valence-corrected chi connectivity index (χ3v) is 5.82. The van der Waals surface area contributed by atoms with Gasteiger partial charge in [-0.3, -0.25) is 0 Å². The maximum atomic E-state index is 6.05. The molecule has 1 aromatic heterocycles. The van der Waals surface area contributed by atoms with Crippen molar-refractivity contribution in [1.29, 1.82) is 0 Å². The summed E-state index contributed by atoms with van der Waals surface area (Å²) in [5.41, 5.74) is 4.05. The predicted molar refractivity (Wildman–Crippen MR) is 135 cm³/mol. The van der Waals surface area contributed by atoms with Crippen molar-refractivity contribution in [1.82, 2.24) is 4.98 Å². The van der Waals surface area contributed by atoms with Crippen molar-refractivity contribution < 1.29 is 14.2 Å². The summed E-state index contributed by atoms with van der Waals surface area (Å²) in [6.45, 7) is 3.98. The topological polar surface area (TPSA) is 40.6 Å². The summed E-state index contributed by atoms with van der Waals surface area (Å²) in [4.78, 5) is 4.61. The molecule has 4 heteroatoms. The van der Waals surface area contributed by atoms with Gasteiger partial charge in [-0.15, -0.1) is 0 Å². The van der Waals surface area contributed by atoms with Gasteiger partial charge in [0.25, 0.3) is 0 Å². The van der Waals surface area contributed by atoms with Crippen molar-refractivity contribution in [2.24, 2.45) is 0 Å². The molecule has 0 amide bonds. The predicted octanol–water partition coefficient (Wildman–Crippen LogP) is 6.35. The summed E-state index contributed by atoms with van der Waals surface area (Å²) in [7, 11) is 0. The van der Waals surface area contributed by atoms with Gasteiger partial charge in [0.2, 0.25) is 5.88 Å². The van der Waals surface area contributed by atoms with Crippen molar-refractivity contribution >= 4 is 0 Å². The van der Waals surface area contributed by atoms with Gasteiger partial charge < -0.3 is 14.2 Å². The molecule has 1 saturated heterocycles. The Morgan fingerprint density at radius 3 is 2.56 bits per heavy atom. The lowest BCUT2D eigenvalue weighted by Crippen LogP contribution is -2.26. The summed E-state index contributed by atoms with van der Waals surface area (Å²) in [5, 5.41) is 0. The van der Waals surface area contributed by atoms with Crippen LogP contribution < -0.4 is 9.47 Å². The number of aromatic nitrogens is 1. The van der Waals surface area contributed by atoms with Crippen molar-refractivity contribution in [2.45, 2.75) is 58.2 Å². The summed E-state index contributed by atoms with van der Waals surface area (Å²) >= 11 is 0. The van der Waals surface area contributed by atoms with Crippen LogP contribution in [0.2, 0.25) is 0 Å². The van der Waals surface area contributed by atoms with Crippen LogP contribution in [0.1, 0.15) is 61.4 Å². The molecule has 1 aliphatic rings. The fraction of sp³-hybridized carbons (Fsp3) is 0.367. The molecule has 4 rings (SSSR count). The molecule has 2 aromatic carbocycles. The maximum Gasteiger partial charge on any atom is 0.218 e. The first-order valence-electron chi connectivity index (χ1n) is 12.3. The van der Waals surface area contributed by atoms with E-state index in [9.17, 15) is 0 Å². The third kappa shape index (κ3) is 7.64. The van der Waals surface area contributed by atoms with Gasteiger partial charge in [0, 0.05) is 24.3 Å². The molecule has 0 saturated carbocycles. The summed E-state index contributed by atoms with van der Waals surface area (Å²) in [6, 6.07) is 22.3. The lowest BCUT2D eigenvalue weighted by Gasteiger charge is -2.22. The monoisotopic (exact) mass is 455 g/mol. The van der Waals surface area contributed by atoms with E-state index in [0.29, 0.717) is 30.5 Å². The lowest BCUT2D eigenvalue weighted by molar-refractivity contribution is -0.0120. The van der Waals surface area contributed by atoms with E-state index in [1.807, 2.05) is 42.5 Å². The van der Waals surface area contributed by atoms with E-state index >= 15 is 0 Å². The Hall–Kier alpha value is -3.29. The molecule has 176 valence electrons. The van der Waals surface area contributed by atoms with E-state index in [-0.39, 0.29) is 6.10 Å². The van der Waals surface area contributed by atoms with E-state index in [1.54, 1.807) is 0 Å². The second-order valence-electron chi connectivity index (χ2n) is 8.65. The van der Waals surface area contributed by atoms with Crippen LogP contribution in [0.5, 0.6) is 11.6 Å². The molecule has 2 heterocycles. The zero-order valence-electron chi connectivity index (χ0n) is 20.0. The minimum atomic E-state index is 0.116. The van der Waals surface area contributed by atoms with Gasteiger partial charge in [-0.2, -0.15) is 0 Å². The van der Waals surface area contributed by atoms with Crippen molar-refractivity contribution in [2.75, 3.05) is 13.2 Å². The lowest BCUT2D eigenvalue weighted by atomic mass is 10.1. The molecule has 1 fully saturated rings. The van der Waals surface area contributed by atoms with Gasteiger partial charge in [-0.25, -0.2) is 4.98 Å². The molecule has 0 radical (unpaired) electrons. The summed E-state index contributed by atoms with van der Waals surface area (Å²) in [6.07, 6.45) is 6.95. The number of aryl methyl sites for hydroxylation is 1. The third-order valence-electron chi connectivity index (χ3n) is 5.82. The van der Waals surface area contributed by atoms with Crippen LogP contribution in [0.4, 0.5) is 0 Å². The van der Waals surface area contributed by atoms with E-state index in [1.165, 1.54) is 24.8 Å². The molecular weight excluding hydrogens is 422 g/mol. The van der Waals surface area contributed by atoms with E-state index < -0.39 is 0 Å². The number of pyridine rings is 1. The Morgan fingerprint density at radius 2 is 1.79 bits per heavy atom. The molecule has 34 heavy (non-hydrogen) atoms. The Labute approximate surface area is 203 Å². The first kappa shape index (κ1) is 23.9. The molecule has 4 nitrogen and oxygen atoms in total. The molecule has 0 bridgehead atoms. The second kappa shape index (κ2) is 12.8. The zero-order valence-corrected chi connectivity index (χ0v) is 20.0. The Balaban J connectivity index is 1.48. The Morgan fingerprint density at radius 1 is 0.941 bits per heavy atom. The standard InChI is InChI=1S/C30H33NO3/c1-2-3-9-24-13-15-25(16-14-24)17-18-27-20-29(33-22-26-10-5-4-6-11-26)21-30(31-27)34-23-28-12-7-8-19-32-28/h4-6,10-11,13-16,20-21,28H,2-3,7-9,12,19,22-23H2,1H3. The molecule has 1 atom stereocenters. The van der Waals surface area contributed by atoms with Gasteiger partial charge in [-0.05, 0) is 61.3 Å². The minimum Gasteiger partial charge on any atom is -0.489 e. The van der Waals surface area contributed by atoms with Crippen molar-refractivity contribution in [3.05, 3.63) is 89.1 Å². The van der Waals surface area contributed by atoms with Gasteiger partial charge in [0.05, 0.1) is 6.10 Å². The summed E-state index contributed by atoms with van der Waals surface area (Å²) < 4.78 is 17.8.